The number of rotatable bonds is 6. The van der Waals surface area contributed by atoms with E-state index < -0.39 is 11.5 Å². The first-order valence-corrected chi connectivity index (χ1v) is 16.5. The van der Waals surface area contributed by atoms with E-state index in [0.29, 0.717) is 23.7 Å². The number of carbonyl (C=O) groups is 1. The van der Waals surface area contributed by atoms with Crippen LogP contribution in [0.5, 0.6) is 0 Å². The Labute approximate surface area is 244 Å². The van der Waals surface area contributed by atoms with Crippen LogP contribution in [0.1, 0.15) is 112 Å². The number of aliphatic hydroxyl groups excluding tert-OH is 2. The fraction of sp³-hybridized carbons (Fsp3) is 0.914. The summed E-state index contributed by atoms with van der Waals surface area (Å²) in [6.45, 7) is 16.5. The highest BCUT2D eigenvalue weighted by molar-refractivity contribution is 5.84. The Morgan fingerprint density at radius 1 is 0.975 bits per heavy atom. The van der Waals surface area contributed by atoms with Crippen LogP contribution in [0.25, 0.3) is 0 Å². The standard InChI is InChI=1S/C35H60N2O3/c1-30(2)16-18-35(29(40)36-20-9-21-37(7)8)19-17-33(5)24(25(35)22-30)10-11-27-31(3)14-13-28(39)32(4,23-38)26(31)12-15-34(27,33)6/h10,25-28,38-39H,9,11-23H2,1-8H3,(H,36,40)/t25-,26+,27?,28-,31-,32-,33+,34+,35-/m0/s1. The van der Waals surface area contributed by atoms with Gasteiger partial charge in [-0.25, -0.2) is 0 Å². The molecule has 0 spiro atoms. The Hall–Kier alpha value is -0.910. The Balaban J connectivity index is 1.50. The summed E-state index contributed by atoms with van der Waals surface area (Å²) in [5.41, 5.74) is 1.53. The molecule has 4 fully saturated rings. The first kappa shape index (κ1) is 30.5. The molecule has 3 N–H and O–H groups in total. The van der Waals surface area contributed by atoms with Crippen LogP contribution in [-0.4, -0.2) is 60.9 Å². The Morgan fingerprint density at radius 3 is 2.35 bits per heavy atom. The summed E-state index contributed by atoms with van der Waals surface area (Å²) >= 11 is 0. The lowest BCUT2D eigenvalue weighted by Crippen LogP contribution is -2.66. The van der Waals surface area contributed by atoms with Gasteiger partial charge in [-0.2, -0.15) is 0 Å². The Morgan fingerprint density at radius 2 is 1.68 bits per heavy atom. The molecule has 0 radical (unpaired) electrons. The summed E-state index contributed by atoms with van der Waals surface area (Å²) < 4.78 is 0. The van der Waals surface area contributed by atoms with Crippen molar-refractivity contribution in [2.45, 2.75) is 118 Å². The van der Waals surface area contributed by atoms with E-state index in [1.54, 1.807) is 5.57 Å². The third-order valence-corrected chi connectivity index (χ3v) is 14.3. The lowest BCUT2D eigenvalue weighted by Gasteiger charge is -2.71. The van der Waals surface area contributed by atoms with Crippen LogP contribution in [0.15, 0.2) is 11.6 Å². The van der Waals surface area contributed by atoms with Gasteiger partial charge in [-0.1, -0.05) is 53.2 Å². The van der Waals surface area contributed by atoms with E-state index in [9.17, 15) is 15.0 Å². The first-order valence-electron chi connectivity index (χ1n) is 16.5. The normalized spacial score (nSPS) is 47.8. The van der Waals surface area contributed by atoms with Crippen molar-refractivity contribution in [1.82, 2.24) is 10.2 Å². The number of hydrogen-bond donors (Lipinski definition) is 3. The second-order valence-electron chi connectivity index (χ2n) is 17.0. The minimum Gasteiger partial charge on any atom is -0.396 e. The van der Waals surface area contributed by atoms with Crippen LogP contribution in [0.2, 0.25) is 0 Å². The molecule has 4 saturated carbocycles. The van der Waals surface area contributed by atoms with Gasteiger partial charge in [0.25, 0.3) is 0 Å². The molecule has 5 aliphatic rings. The molecule has 5 rings (SSSR count). The van der Waals surface area contributed by atoms with Gasteiger partial charge < -0.3 is 20.4 Å². The van der Waals surface area contributed by atoms with Gasteiger partial charge in [0, 0.05) is 12.0 Å². The van der Waals surface area contributed by atoms with Crippen LogP contribution >= 0.6 is 0 Å². The summed E-state index contributed by atoms with van der Waals surface area (Å²) in [4.78, 5) is 16.3. The molecule has 5 heteroatoms. The van der Waals surface area contributed by atoms with Gasteiger partial charge in [-0.05, 0) is 131 Å². The Bertz CT molecular complexity index is 1020. The Kier molecular flexibility index (Phi) is 7.70. The summed E-state index contributed by atoms with van der Waals surface area (Å²) in [5, 5.41) is 25.0. The zero-order valence-corrected chi connectivity index (χ0v) is 27.0. The number of fused-ring (bicyclic) bond motifs is 7. The zero-order chi connectivity index (χ0) is 29.4. The smallest absolute Gasteiger partial charge is 0.226 e. The quantitative estimate of drug-likeness (QED) is 0.269. The molecule has 228 valence electrons. The van der Waals surface area contributed by atoms with Crippen LogP contribution in [0.4, 0.5) is 0 Å². The van der Waals surface area contributed by atoms with Crippen LogP contribution in [0, 0.1) is 50.2 Å². The third-order valence-electron chi connectivity index (χ3n) is 14.3. The van der Waals surface area contributed by atoms with Gasteiger partial charge in [-0.15, -0.1) is 0 Å². The lowest BCUT2D eigenvalue weighted by molar-refractivity contribution is -0.215. The molecule has 1 amide bonds. The zero-order valence-electron chi connectivity index (χ0n) is 27.0. The topological polar surface area (TPSA) is 72.8 Å². The number of nitrogens with zero attached hydrogens (tertiary/aromatic N) is 1. The molecular weight excluding hydrogens is 496 g/mol. The van der Waals surface area contributed by atoms with Gasteiger partial charge in [-0.3, -0.25) is 4.79 Å². The predicted octanol–water partition coefficient (Wildman–Crippen LogP) is 6.19. The van der Waals surface area contributed by atoms with Crippen molar-refractivity contribution < 1.29 is 15.0 Å². The van der Waals surface area contributed by atoms with E-state index in [4.69, 9.17) is 0 Å². The average Bonchev–Trinajstić information content (AvgIpc) is 2.89. The second kappa shape index (κ2) is 10.1. The predicted molar refractivity (Wildman–Crippen MR) is 163 cm³/mol. The lowest BCUT2D eigenvalue weighted by atomic mass is 9.33. The molecule has 0 aromatic heterocycles. The van der Waals surface area contributed by atoms with Gasteiger partial charge in [0.05, 0.1) is 18.1 Å². The van der Waals surface area contributed by atoms with Gasteiger partial charge in [0.1, 0.15) is 0 Å². The van der Waals surface area contributed by atoms with Gasteiger partial charge in [0.15, 0.2) is 0 Å². The fourth-order valence-electron chi connectivity index (χ4n) is 11.4. The van der Waals surface area contributed by atoms with E-state index in [2.05, 4.69) is 71.9 Å². The van der Waals surface area contributed by atoms with Crippen molar-refractivity contribution in [3.05, 3.63) is 11.6 Å². The maximum atomic E-state index is 14.1. The molecule has 1 unspecified atom stereocenters. The maximum Gasteiger partial charge on any atom is 0.226 e. The minimum atomic E-state index is -0.418. The maximum absolute atomic E-state index is 14.1. The van der Waals surface area contributed by atoms with Crippen LogP contribution in [0.3, 0.4) is 0 Å². The molecule has 0 aromatic rings. The van der Waals surface area contributed by atoms with Crippen molar-refractivity contribution in [2.24, 2.45) is 50.2 Å². The summed E-state index contributed by atoms with van der Waals surface area (Å²) in [7, 11) is 4.19. The molecule has 5 aliphatic carbocycles. The monoisotopic (exact) mass is 556 g/mol. The van der Waals surface area contributed by atoms with E-state index in [-0.39, 0.29) is 33.7 Å². The summed E-state index contributed by atoms with van der Waals surface area (Å²) in [5.74, 6) is 1.52. The van der Waals surface area contributed by atoms with Crippen molar-refractivity contribution >= 4 is 5.91 Å². The highest BCUT2D eigenvalue weighted by Crippen LogP contribution is 2.75. The van der Waals surface area contributed by atoms with Crippen LogP contribution < -0.4 is 5.32 Å². The van der Waals surface area contributed by atoms with Crippen molar-refractivity contribution in [2.75, 3.05) is 33.8 Å². The molecule has 9 atom stereocenters. The molecule has 40 heavy (non-hydrogen) atoms. The highest BCUT2D eigenvalue weighted by atomic mass is 16.3. The fourth-order valence-corrected chi connectivity index (χ4v) is 11.4. The van der Waals surface area contributed by atoms with E-state index in [1.807, 2.05) is 0 Å². The summed E-state index contributed by atoms with van der Waals surface area (Å²) in [6, 6.07) is 0. The van der Waals surface area contributed by atoms with E-state index in [1.165, 1.54) is 0 Å². The number of carbonyl (C=O) groups excluding carboxylic acids is 1. The molecule has 0 saturated heterocycles. The van der Waals surface area contributed by atoms with Crippen molar-refractivity contribution in [1.29, 1.82) is 0 Å². The van der Waals surface area contributed by atoms with Crippen molar-refractivity contribution in [3.8, 4) is 0 Å². The SMILES string of the molecule is CN(C)CCCNC(=O)[C@]12CCC(C)(C)C[C@H]1C1=CCC3[C@@]4(C)CC[C@H](O)[C@@](C)(CO)[C@@H]4CC[C@@]3(C)[C@]1(C)CC2. The summed E-state index contributed by atoms with van der Waals surface area (Å²) in [6.07, 6.45) is 13.7. The molecule has 0 bridgehead atoms. The molecule has 0 heterocycles. The van der Waals surface area contributed by atoms with Crippen molar-refractivity contribution in [3.63, 3.8) is 0 Å². The van der Waals surface area contributed by atoms with Gasteiger partial charge in [0.2, 0.25) is 5.91 Å². The van der Waals surface area contributed by atoms with Crippen LogP contribution in [-0.2, 0) is 4.79 Å². The number of allylic oxidation sites excluding steroid dienone is 2. The highest BCUT2D eigenvalue weighted by Gasteiger charge is 2.69. The minimum absolute atomic E-state index is 0.0690. The second-order valence-corrected chi connectivity index (χ2v) is 17.0. The number of nitrogens with one attached hydrogen (secondary N) is 1. The molecular formula is C35H60N2O3. The first-order chi connectivity index (χ1) is 18.6. The molecule has 0 aromatic carbocycles. The number of amides is 1. The van der Waals surface area contributed by atoms with E-state index >= 15 is 0 Å². The average molecular weight is 557 g/mol. The molecule has 0 aliphatic heterocycles. The molecule has 5 nitrogen and oxygen atoms in total. The van der Waals surface area contributed by atoms with E-state index in [0.717, 1.165) is 83.7 Å². The largest absolute Gasteiger partial charge is 0.396 e. The number of hydrogen-bond acceptors (Lipinski definition) is 4. The number of aliphatic hydroxyl groups is 2. The third kappa shape index (κ3) is 4.29. The van der Waals surface area contributed by atoms with Gasteiger partial charge >= 0.3 is 0 Å².